The number of hydrogen-bond donors (Lipinski definition) is 1. The van der Waals surface area contributed by atoms with Gasteiger partial charge in [-0.2, -0.15) is 0 Å². The first-order valence-corrected chi connectivity index (χ1v) is 5.14. The number of carboxylic acids is 1. The Balaban J connectivity index is 2.19. The van der Waals surface area contributed by atoms with Crippen LogP contribution in [0.15, 0.2) is 24.5 Å². The van der Waals surface area contributed by atoms with Crippen molar-refractivity contribution in [3.05, 3.63) is 24.5 Å². The third kappa shape index (κ3) is 1.67. The normalized spacial score (nSPS) is 19.7. The minimum absolute atomic E-state index is 0.319. The van der Waals surface area contributed by atoms with E-state index < -0.39 is 5.97 Å². The summed E-state index contributed by atoms with van der Waals surface area (Å²) >= 11 is 0. The fraction of sp³-hybridized carbons (Fsp3) is 0.545. The highest BCUT2D eigenvalue weighted by Crippen LogP contribution is 2.34. The molecule has 1 atom stereocenters. The summed E-state index contributed by atoms with van der Waals surface area (Å²) in [7, 11) is 0. The van der Waals surface area contributed by atoms with Gasteiger partial charge in [0.15, 0.2) is 0 Å². The lowest BCUT2D eigenvalue weighted by atomic mass is 9.98. The Bertz CT molecular complexity index is 299. The van der Waals surface area contributed by atoms with Crippen LogP contribution in [0.25, 0.3) is 0 Å². The first-order chi connectivity index (χ1) is 6.79. The fourth-order valence-electron chi connectivity index (χ4n) is 2.38. The minimum Gasteiger partial charge on any atom is -0.480 e. The summed E-state index contributed by atoms with van der Waals surface area (Å²) in [5.74, 6) is -0.381. The Kier molecular flexibility index (Phi) is 2.57. The lowest BCUT2D eigenvalue weighted by Gasteiger charge is -2.20. The van der Waals surface area contributed by atoms with Crippen LogP contribution in [-0.2, 0) is 4.79 Å². The van der Waals surface area contributed by atoms with Gasteiger partial charge < -0.3 is 9.67 Å². The summed E-state index contributed by atoms with van der Waals surface area (Å²) < 4.78 is 1.82. The smallest absolute Gasteiger partial charge is 0.326 e. The first-order valence-electron chi connectivity index (χ1n) is 5.14. The Morgan fingerprint density at radius 1 is 1.29 bits per heavy atom. The van der Waals surface area contributed by atoms with E-state index in [1.165, 1.54) is 12.8 Å². The van der Waals surface area contributed by atoms with Gasteiger partial charge in [0.1, 0.15) is 6.04 Å². The zero-order valence-electron chi connectivity index (χ0n) is 8.10. The molecular formula is C11H15NO2. The third-order valence-corrected chi connectivity index (χ3v) is 3.05. The van der Waals surface area contributed by atoms with Crippen molar-refractivity contribution < 1.29 is 9.90 Å². The van der Waals surface area contributed by atoms with Crippen LogP contribution in [0.5, 0.6) is 0 Å². The van der Waals surface area contributed by atoms with Gasteiger partial charge in [0.05, 0.1) is 0 Å². The molecular weight excluding hydrogens is 178 g/mol. The summed E-state index contributed by atoms with van der Waals surface area (Å²) in [6.45, 7) is 0. The van der Waals surface area contributed by atoms with E-state index in [4.69, 9.17) is 0 Å². The number of nitrogens with zero attached hydrogens (tertiary/aromatic N) is 1. The highest BCUT2D eigenvalue weighted by atomic mass is 16.4. The highest BCUT2D eigenvalue weighted by Gasteiger charge is 2.31. The number of aromatic nitrogens is 1. The molecule has 0 saturated heterocycles. The van der Waals surface area contributed by atoms with Crippen molar-refractivity contribution in [2.75, 3.05) is 0 Å². The van der Waals surface area contributed by atoms with Gasteiger partial charge in [-0.15, -0.1) is 0 Å². The van der Waals surface area contributed by atoms with Gasteiger partial charge in [-0.3, -0.25) is 0 Å². The summed E-state index contributed by atoms with van der Waals surface area (Å²) in [4.78, 5) is 11.2. The molecule has 0 aromatic carbocycles. The molecule has 0 radical (unpaired) electrons. The fourth-order valence-corrected chi connectivity index (χ4v) is 2.38. The molecule has 0 spiro atoms. The van der Waals surface area contributed by atoms with Crippen LogP contribution >= 0.6 is 0 Å². The maximum atomic E-state index is 11.2. The van der Waals surface area contributed by atoms with E-state index in [-0.39, 0.29) is 6.04 Å². The van der Waals surface area contributed by atoms with Gasteiger partial charge in [0, 0.05) is 12.4 Å². The molecule has 0 aliphatic heterocycles. The number of carboxylic acid groups (broad SMARTS) is 1. The lowest BCUT2D eigenvalue weighted by molar-refractivity contribution is -0.142. The molecule has 0 unspecified atom stereocenters. The van der Waals surface area contributed by atoms with E-state index in [1.807, 2.05) is 29.1 Å². The van der Waals surface area contributed by atoms with Gasteiger partial charge in [-0.1, -0.05) is 12.8 Å². The number of hydrogen-bond acceptors (Lipinski definition) is 1. The molecule has 1 fully saturated rings. The van der Waals surface area contributed by atoms with Crippen LogP contribution in [0.3, 0.4) is 0 Å². The zero-order chi connectivity index (χ0) is 9.97. The van der Waals surface area contributed by atoms with Crippen LogP contribution < -0.4 is 0 Å². The second-order valence-corrected chi connectivity index (χ2v) is 3.96. The summed E-state index contributed by atoms with van der Waals surface area (Å²) in [6, 6.07) is 3.41. The first kappa shape index (κ1) is 9.31. The predicted molar refractivity (Wildman–Crippen MR) is 53.1 cm³/mol. The molecule has 14 heavy (non-hydrogen) atoms. The largest absolute Gasteiger partial charge is 0.480 e. The van der Waals surface area contributed by atoms with Crippen molar-refractivity contribution >= 4 is 5.97 Å². The molecule has 1 aliphatic carbocycles. The molecule has 1 aromatic rings. The Morgan fingerprint density at radius 2 is 1.86 bits per heavy atom. The average Bonchev–Trinajstić information content (AvgIpc) is 2.75. The Hall–Kier alpha value is -1.25. The number of carbonyl (C=O) groups is 1. The van der Waals surface area contributed by atoms with E-state index in [0.717, 1.165) is 12.8 Å². The Morgan fingerprint density at radius 3 is 2.36 bits per heavy atom. The third-order valence-electron chi connectivity index (χ3n) is 3.05. The predicted octanol–water partition coefficient (Wildman–Crippen LogP) is 2.30. The standard InChI is InChI=1S/C11H15NO2/c13-11(14)10(9-5-1-2-6-9)12-7-3-4-8-12/h3-4,7-10H,1-2,5-6H2,(H,13,14)/t10-/m0/s1. The molecule has 76 valence electrons. The molecule has 1 heterocycles. The van der Waals surface area contributed by atoms with E-state index in [2.05, 4.69) is 0 Å². The number of rotatable bonds is 3. The van der Waals surface area contributed by atoms with E-state index in [1.54, 1.807) is 0 Å². The average molecular weight is 193 g/mol. The summed E-state index contributed by atoms with van der Waals surface area (Å²) in [6.07, 6.45) is 8.14. The molecule has 0 amide bonds. The van der Waals surface area contributed by atoms with Gasteiger partial charge in [0.25, 0.3) is 0 Å². The minimum atomic E-state index is -0.701. The Labute approximate surface area is 83.4 Å². The van der Waals surface area contributed by atoms with Crippen LogP contribution in [0.1, 0.15) is 31.7 Å². The summed E-state index contributed by atoms with van der Waals surface area (Å²) in [5.41, 5.74) is 0. The highest BCUT2D eigenvalue weighted by molar-refractivity contribution is 5.72. The van der Waals surface area contributed by atoms with Gasteiger partial charge in [-0.05, 0) is 30.9 Å². The topological polar surface area (TPSA) is 42.2 Å². The van der Waals surface area contributed by atoms with Crippen molar-refractivity contribution in [1.82, 2.24) is 4.57 Å². The zero-order valence-corrected chi connectivity index (χ0v) is 8.10. The SMILES string of the molecule is O=C(O)[C@H](C1CCCC1)n1cccc1. The van der Waals surface area contributed by atoms with Gasteiger partial charge in [0.2, 0.25) is 0 Å². The van der Waals surface area contributed by atoms with Crippen LogP contribution in [-0.4, -0.2) is 15.6 Å². The van der Waals surface area contributed by atoms with E-state index in [0.29, 0.717) is 5.92 Å². The molecule has 3 heteroatoms. The summed E-state index contributed by atoms with van der Waals surface area (Å²) in [5, 5.41) is 9.18. The second kappa shape index (κ2) is 3.86. The maximum absolute atomic E-state index is 11.2. The van der Waals surface area contributed by atoms with Crippen molar-refractivity contribution in [2.45, 2.75) is 31.7 Å². The molecule has 1 saturated carbocycles. The second-order valence-electron chi connectivity index (χ2n) is 3.96. The van der Waals surface area contributed by atoms with Crippen molar-refractivity contribution in [3.63, 3.8) is 0 Å². The molecule has 0 bridgehead atoms. The molecule has 1 aromatic heterocycles. The lowest BCUT2D eigenvalue weighted by Crippen LogP contribution is -2.24. The monoisotopic (exact) mass is 193 g/mol. The quantitative estimate of drug-likeness (QED) is 0.800. The van der Waals surface area contributed by atoms with Crippen LogP contribution in [0, 0.1) is 5.92 Å². The van der Waals surface area contributed by atoms with Crippen molar-refractivity contribution in [2.24, 2.45) is 5.92 Å². The van der Waals surface area contributed by atoms with Gasteiger partial charge >= 0.3 is 5.97 Å². The molecule has 2 rings (SSSR count). The van der Waals surface area contributed by atoms with E-state index in [9.17, 15) is 9.90 Å². The maximum Gasteiger partial charge on any atom is 0.326 e. The van der Waals surface area contributed by atoms with Crippen LogP contribution in [0.4, 0.5) is 0 Å². The van der Waals surface area contributed by atoms with Crippen LogP contribution in [0.2, 0.25) is 0 Å². The van der Waals surface area contributed by atoms with E-state index >= 15 is 0 Å². The molecule has 1 N–H and O–H groups in total. The molecule has 3 nitrogen and oxygen atoms in total. The van der Waals surface area contributed by atoms with Gasteiger partial charge in [-0.25, -0.2) is 4.79 Å². The van der Waals surface area contributed by atoms with Crippen molar-refractivity contribution in [3.8, 4) is 0 Å². The molecule has 1 aliphatic rings. The van der Waals surface area contributed by atoms with Crippen molar-refractivity contribution in [1.29, 1.82) is 0 Å². The number of aliphatic carboxylic acids is 1.